The number of amides is 1. The van der Waals surface area contributed by atoms with E-state index in [9.17, 15) is 4.79 Å². The summed E-state index contributed by atoms with van der Waals surface area (Å²) in [6.45, 7) is 1.97. The molecule has 2 heterocycles. The lowest BCUT2D eigenvalue weighted by molar-refractivity contribution is -0.131. The minimum absolute atomic E-state index is 0.135. The Morgan fingerprint density at radius 2 is 2.32 bits per heavy atom. The van der Waals surface area contributed by atoms with Gasteiger partial charge in [0, 0.05) is 19.9 Å². The number of rotatable bonds is 5. The Morgan fingerprint density at radius 3 is 3.00 bits per heavy atom. The van der Waals surface area contributed by atoms with Crippen molar-refractivity contribution in [1.29, 1.82) is 0 Å². The number of nitrogens with zero attached hydrogens (tertiary/aromatic N) is 3. The molecule has 0 aliphatic carbocycles. The summed E-state index contributed by atoms with van der Waals surface area (Å²) in [6.07, 6.45) is 1.20. The molecule has 1 amide bonds. The highest BCUT2D eigenvalue weighted by Gasteiger charge is 2.21. The molecule has 7 nitrogen and oxygen atoms in total. The molecule has 102 valence electrons. The summed E-state index contributed by atoms with van der Waals surface area (Å²) < 4.78 is 6.82. The monoisotopic (exact) mass is 263 g/mol. The predicted molar refractivity (Wildman–Crippen MR) is 69.4 cm³/mol. The first-order chi connectivity index (χ1) is 9.17. The molecule has 7 heteroatoms. The maximum Gasteiger partial charge on any atom is 0.251 e. The van der Waals surface area contributed by atoms with Crippen LogP contribution in [0, 0.1) is 0 Å². The number of nitrogens with two attached hydrogens (primary N) is 1. The van der Waals surface area contributed by atoms with Crippen LogP contribution in [0.4, 0.5) is 0 Å². The van der Waals surface area contributed by atoms with Gasteiger partial charge in [-0.05, 0) is 19.1 Å². The summed E-state index contributed by atoms with van der Waals surface area (Å²) in [5, 5.41) is 10.9. The topological polar surface area (TPSA) is 94.5 Å². The summed E-state index contributed by atoms with van der Waals surface area (Å²) in [5.41, 5.74) is 6.19. The summed E-state index contributed by atoms with van der Waals surface area (Å²) in [4.78, 5) is 11.9. The second-order valence-electron chi connectivity index (χ2n) is 4.18. The summed E-state index contributed by atoms with van der Waals surface area (Å²) >= 11 is 0. The van der Waals surface area contributed by atoms with Crippen molar-refractivity contribution in [2.45, 2.75) is 19.1 Å². The van der Waals surface area contributed by atoms with Crippen LogP contribution in [0.2, 0.25) is 0 Å². The zero-order valence-corrected chi connectivity index (χ0v) is 10.9. The molecule has 3 N–H and O–H groups in total. The van der Waals surface area contributed by atoms with Gasteiger partial charge in [-0.25, -0.2) is 0 Å². The van der Waals surface area contributed by atoms with E-state index in [2.05, 4.69) is 15.5 Å². The third-order valence-electron chi connectivity index (χ3n) is 2.88. The van der Waals surface area contributed by atoms with Crippen LogP contribution in [0.1, 0.15) is 18.8 Å². The van der Waals surface area contributed by atoms with Crippen LogP contribution < -0.4 is 11.1 Å². The Kier molecular flexibility index (Phi) is 4.08. The number of ether oxygens (including phenoxy) is 1. The maximum atomic E-state index is 11.9. The van der Waals surface area contributed by atoms with Crippen LogP contribution in [0.15, 0.2) is 24.4 Å². The van der Waals surface area contributed by atoms with E-state index in [-0.39, 0.29) is 18.5 Å². The number of carbonyl (C=O) groups excluding carboxylic acids is 1. The van der Waals surface area contributed by atoms with Crippen LogP contribution >= 0.6 is 0 Å². The van der Waals surface area contributed by atoms with Crippen LogP contribution in [0.5, 0.6) is 0 Å². The number of hydrogen-bond acceptors (Lipinski definition) is 5. The highest BCUT2D eigenvalue weighted by Crippen LogP contribution is 2.11. The predicted octanol–water partition coefficient (Wildman–Crippen LogP) is -0.120. The van der Waals surface area contributed by atoms with Gasteiger partial charge < -0.3 is 15.8 Å². The number of methoxy groups -OCH3 is 1. The van der Waals surface area contributed by atoms with Gasteiger partial charge in [-0.2, -0.15) is 0 Å². The van der Waals surface area contributed by atoms with Gasteiger partial charge in [0.25, 0.3) is 5.91 Å². The average Bonchev–Trinajstić information content (AvgIpc) is 2.84. The molecule has 0 fully saturated rings. The Labute approximate surface area is 110 Å². The highest BCUT2D eigenvalue weighted by atomic mass is 16.5. The maximum absolute atomic E-state index is 11.9. The van der Waals surface area contributed by atoms with E-state index in [1.54, 1.807) is 0 Å². The molecule has 0 aromatic carbocycles. The lowest BCUT2D eigenvalue weighted by Crippen LogP contribution is -2.41. The first-order valence-electron chi connectivity index (χ1n) is 6.00. The normalized spacial score (nSPS) is 14.3. The quantitative estimate of drug-likeness (QED) is 0.784. The fourth-order valence-electron chi connectivity index (χ4n) is 1.84. The van der Waals surface area contributed by atoms with E-state index < -0.39 is 6.10 Å². The molecule has 2 aromatic heterocycles. The van der Waals surface area contributed by atoms with Crippen molar-refractivity contribution in [2.24, 2.45) is 5.73 Å². The molecule has 19 heavy (non-hydrogen) atoms. The van der Waals surface area contributed by atoms with Crippen LogP contribution in [-0.2, 0) is 9.53 Å². The van der Waals surface area contributed by atoms with Crippen LogP contribution in [0.3, 0.4) is 0 Å². The van der Waals surface area contributed by atoms with Gasteiger partial charge >= 0.3 is 0 Å². The standard InChI is InChI=1S/C12H17N5O2/c1-8(14-12(18)9(7-13)19-2)11-16-15-10-5-3-4-6-17(10)11/h3-6,8-9H,7,13H2,1-2H3,(H,14,18). The van der Waals surface area contributed by atoms with Crippen molar-refractivity contribution in [2.75, 3.05) is 13.7 Å². The summed E-state index contributed by atoms with van der Waals surface area (Å²) in [5.74, 6) is 0.404. The van der Waals surface area contributed by atoms with E-state index in [4.69, 9.17) is 10.5 Å². The fourth-order valence-corrected chi connectivity index (χ4v) is 1.84. The molecule has 0 saturated carbocycles. The van der Waals surface area contributed by atoms with Gasteiger partial charge in [0.2, 0.25) is 0 Å². The van der Waals surface area contributed by atoms with Gasteiger partial charge in [0.1, 0.15) is 6.10 Å². The van der Waals surface area contributed by atoms with Crippen molar-refractivity contribution < 1.29 is 9.53 Å². The molecular formula is C12H17N5O2. The highest BCUT2D eigenvalue weighted by molar-refractivity contribution is 5.81. The van der Waals surface area contributed by atoms with E-state index in [1.807, 2.05) is 35.7 Å². The Morgan fingerprint density at radius 1 is 1.53 bits per heavy atom. The van der Waals surface area contributed by atoms with Crippen molar-refractivity contribution in [3.8, 4) is 0 Å². The second kappa shape index (κ2) is 5.77. The second-order valence-corrected chi connectivity index (χ2v) is 4.18. The van der Waals surface area contributed by atoms with Crippen LogP contribution in [0.25, 0.3) is 5.65 Å². The van der Waals surface area contributed by atoms with E-state index in [0.717, 1.165) is 5.65 Å². The van der Waals surface area contributed by atoms with Crippen molar-refractivity contribution in [3.63, 3.8) is 0 Å². The van der Waals surface area contributed by atoms with Crippen molar-refractivity contribution in [3.05, 3.63) is 30.2 Å². The van der Waals surface area contributed by atoms with E-state index in [0.29, 0.717) is 5.82 Å². The molecule has 2 aromatic rings. The molecule has 2 atom stereocenters. The number of hydrogen-bond donors (Lipinski definition) is 2. The lowest BCUT2D eigenvalue weighted by atomic mass is 10.2. The Hall–Kier alpha value is -1.99. The van der Waals surface area contributed by atoms with Gasteiger partial charge in [-0.1, -0.05) is 6.07 Å². The van der Waals surface area contributed by atoms with E-state index in [1.165, 1.54) is 7.11 Å². The van der Waals surface area contributed by atoms with Gasteiger partial charge in [0.05, 0.1) is 6.04 Å². The molecule has 0 radical (unpaired) electrons. The van der Waals surface area contributed by atoms with Crippen molar-refractivity contribution >= 4 is 11.6 Å². The lowest BCUT2D eigenvalue weighted by Gasteiger charge is -2.17. The first kappa shape index (κ1) is 13.4. The molecule has 2 rings (SSSR count). The number of pyridine rings is 1. The number of fused-ring (bicyclic) bond motifs is 1. The number of aromatic nitrogens is 3. The number of carbonyl (C=O) groups is 1. The molecule has 0 bridgehead atoms. The SMILES string of the molecule is COC(CN)C(=O)NC(C)c1nnc2ccccn12. The zero-order chi connectivity index (χ0) is 13.8. The summed E-state index contributed by atoms with van der Waals surface area (Å²) in [7, 11) is 1.45. The van der Waals surface area contributed by atoms with Gasteiger partial charge in [-0.15, -0.1) is 10.2 Å². The fraction of sp³-hybridized carbons (Fsp3) is 0.417. The average molecular weight is 263 g/mol. The first-order valence-corrected chi connectivity index (χ1v) is 6.00. The molecule has 0 spiro atoms. The minimum Gasteiger partial charge on any atom is -0.370 e. The molecule has 0 aliphatic rings. The molecular weight excluding hydrogens is 246 g/mol. The number of nitrogens with one attached hydrogen (secondary N) is 1. The summed E-state index contributed by atoms with van der Waals surface area (Å²) in [6, 6.07) is 5.33. The third kappa shape index (κ3) is 2.72. The van der Waals surface area contributed by atoms with Crippen molar-refractivity contribution in [1.82, 2.24) is 19.9 Å². The molecule has 0 saturated heterocycles. The van der Waals surface area contributed by atoms with Crippen LogP contribution in [-0.4, -0.2) is 40.3 Å². The Balaban J connectivity index is 2.16. The van der Waals surface area contributed by atoms with Gasteiger partial charge in [0.15, 0.2) is 11.5 Å². The van der Waals surface area contributed by atoms with Gasteiger partial charge in [-0.3, -0.25) is 9.20 Å². The third-order valence-corrected chi connectivity index (χ3v) is 2.88. The minimum atomic E-state index is -0.651. The molecule has 2 unspecified atom stereocenters. The smallest absolute Gasteiger partial charge is 0.251 e. The van der Waals surface area contributed by atoms with E-state index >= 15 is 0 Å². The Bertz CT molecular complexity index is 564. The largest absolute Gasteiger partial charge is 0.370 e. The zero-order valence-electron chi connectivity index (χ0n) is 10.9. The molecule has 0 aliphatic heterocycles.